The van der Waals surface area contributed by atoms with Gasteiger partial charge in [-0.05, 0) is 60.1 Å². The molecule has 0 unspecified atom stereocenters. The number of carbonyl (C=O) groups excluding carboxylic acids is 1. The number of ether oxygens (including phenoxy) is 1. The fraction of sp³-hybridized carbons (Fsp3) is 0.350. The zero-order valence-electron chi connectivity index (χ0n) is 14.1. The van der Waals surface area contributed by atoms with Gasteiger partial charge in [0.2, 0.25) is 0 Å². The van der Waals surface area contributed by atoms with E-state index in [1.807, 2.05) is 6.07 Å². The Bertz CT molecular complexity index is 664. The van der Waals surface area contributed by atoms with E-state index < -0.39 is 0 Å². The van der Waals surface area contributed by atoms with Crippen molar-refractivity contribution in [2.24, 2.45) is 0 Å². The molecule has 22 heavy (non-hydrogen) atoms. The summed E-state index contributed by atoms with van der Waals surface area (Å²) in [5, 5.41) is 0. The summed E-state index contributed by atoms with van der Waals surface area (Å²) in [6, 6.07) is 12.5. The molecule has 0 atom stereocenters. The average Bonchev–Trinajstić information content (AvgIpc) is 2.43. The Kier molecular flexibility index (Phi) is 5.02. The van der Waals surface area contributed by atoms with Crippen LogP contribution in [0, 0.1) is 13.8 Å². The van der Waals surface area contributed by atoms with E-state index in [9.17, 15) is 4.79 Å². The smallest absolute Gasteiger partial charge is 0.308 e. The van der Waals surface area contributed by atoms with Gasteiger partial charge in [0.25, 0.3) is 0 Å². The van der Waals surface area contributed by atoms with Crippen molar-refractivity contribution in [2.75, 3.05) is 0 Å². The van der Waals surface area contributed by atoms with Crippen LogP contribution in [0.4, 0.5) is 0 Å². The molecule has 0 N–H and O–H groups in total. The van der Waals surface area contributed by atoms with Gasteiger partial charge >= 0.3 is 5.97 Å². The highest BCUT2D eigenvalue weighted by Crippen LogP contribution is 2.29. The normalized spacial score (nSPS) is 10.8. The van der Waals surface area contributed by atoms with E-state index in [4.69, 9.17) is 4.74 Å². The van der Waals surface area contributed by atoms with Crippen molar-refractivity contribution in [1.82, 2.24) is 0 Å². The molecule has 0 bridgehead atoms. The van der Waals surface area contributed by atoms with Gasteiger partial charge in [0.15, 0.2) is 0 Å². The Morgan fingerprint density at radius 2 is 1.73 bits per heavy atom. The minimum Gasteiger partial charge on any atom is -0.426 e. The summed E-state index contributed by atoms with van der Waals surface area (Å²) in [5.41, 5.74) is 6.33. The van der Waals surface area contributed by atoms with Crippen molar-refractivity contribution in [3.63, 3.8) is 0 Å². The predicted octanol–water partition coefficient (Wildman–Crippen LogP) is 4.94. The molecule has 0 saturated carbocycles. The summed E-state index contributed by atoms with van der Waals surface area (Å²) >= 11 is 0. The Labute approximate surface area is 133 Å². The highest BCUT2D eigenvalue weighted by molar-refractivity contribution is 5.70. The number of benzene rings is 2. The highest BCUT2D eigenvalue weighted by atomic mass is 16.5. The second kappa shape index (κ2) is 6.78. The van der Waals surface area contributed by atoms with Crippen molar-refractivity contribution >= 4 is 5.97 Å². The lowest BCUT2D eigenvalue weighted by Gasteiger charge is -2.15. The SMILES string of the molecule is CC(=O)Oc1ccc(Cc2c(C)cccc2C)cc1C(C)C. The molecule has 0 aliphatic rings. The van der Waals surface area contributed by atoms with Crippen molar-refractivity contribution < 1.29 is 9.53 Å². The molecule has 0 saturated heterocycles. The van der Waals surface area contributed by atoms with Crippen LogP contribution in [0.2, 0.25) is 0 Å². The number of aryl methyl sites for hydroxylation is 2. The van der Waals surface area contributed by atoms with E-state index in [-0.39, 0.29) is 5.97 Å². The van der Waals surface area contributed by atoms with Crippen LogP contribution in [-0.2, 0) is 11.2 Å². The molecule has 0 amide bonds. The molecule has 2 aromatic rings. The van der Waals surface area contributed by atoms with Crippen LogP contribution < -0.4 is 4.74 Å². The first-order valence-corrected chi connectivity index (χ1v) is 7.74. The molecule has 0 aromatic heterocycles. The summed E-state index contributed by atoms with van der Waals surface area (Å²) in [7, 11) is 0. The number of hydrogen-bond donors (Lipinski definition) is 0. The molecule has 2 aromatic carbocycles. The number of carbonyl (C=O) groups is 1. The molecule has 0 aliphatic heterocycles. The number of hydrogen-bond acceptors (Lipinski definition) is 2. The van der Waals surface area contributed by atoms with E-state index in [0.717, 1.165) is 12.0 Å². The topological polar surface area (TPSA) is 26.3 Å². The molecule has 2 nitrogen and oxygen atoms in total. The molecule has 0 fully saturated rings. The maximum absolute atomic E-state index is 11.2. The van der Waals surface area contributed by atoms with Gasteiger partial charge in [-0.3, -0.25) is 4.79 Å². The van der Waals surface area contributed by atoms with Gasteiger partial charge in [-0.2, -0.15) is 0 Å². The third-order valence-electron chi connectivity index (χ3n) is 3.98. The Morgan fingerprint density at radius 1 is 1.09 bits per heavy atom. The third kappa shape index (κ3) is 3.76. The molecule has 0 heterocycles. The predicted molar refractivity (Wildman–Crippen MR) is 90.6 cm³/mol. The molecular weight excluding hydrogens is 272 g/mol. The van der Waals surface area contributed by atoms with E-state index >= 15 is 0 Å². The van der Waals surface area contributed by atoms with Gasteiger partial charge in [0.1, 0.15) is 5.75 Å². The van der Waals surface area contributed by atoms with E-state index in [1.165, 1.54) is 29.2 Å². The molecule has 116 valence electrons. The van der Waals surface area contributed by atoms with Crippen LogP contribution in [0.3, 0.4) is 0 Å². The maximum atomic E-state index is 11.2. The molecule has 0 aliphatic carbocycles. The quantitative estimate of drug-likeness (QED) is 0.590. The van der Waals surface area contributed by atoms with Gasteiger partial charge in [-0.25, -0.2) is 0 Å². The minimum absolute atomic E-state index is 0.274. The van der Waals surface area contributed by atoms with Gasteiger partial charge < -0.3 is 4.74 Å². The number of esters is 1. The monoisotopic (exact) mass is 296 g/mol. The summed E-state index contributed by atoms with van der Waals surface area (Å²) in [4.78, 5) is 11.2. The molecule has 2 rings (SSSR count). The second-order valence-corrected chi connectivity index (χ2v) is 6.17. The van der Waals surface area contributed by atoms with Gasteiger partial charge in [-0.1, -0.05) is 44.2 Å². The van der Waals surface area contributed by atoms with Crippen molar-refractivity contribution in [1.29, 1.82) is 0 Å². The maximum Gasteiger partial charge on any atom is 0.308 e. The summed E-state index contributed by atoms with van der Waals surface area (Å²) in [6.45, 7) is 9.98. The molecular formula is C20H24O2. The van der Waals surface area contributed by atoms with Crippen LogP contribution in [-0.4, -0.2) is 5.97 Å². The van der Waals surface area contributed by atoms with Crippen LogP contribution in [0.1, 0.15) is 54.5 Å². The molecule has 2 heteroatoms. The fourth-order valence-electron chi connectivity index (χ4n) is 2.74. The van der Waals surface area contributed by atoms with Gasteiger partial charge in [-0.15, -0.1) is 0 Å². The Morgan fingerprint density at radius 3 is 2.27 bits per heavy atom. The Balaban J connectivity index is 2.37. The van der Waals surface area contributed by atoms with Crippen molar-refractivity contribution in [3.05, 3.63) is 64.2 Å². The van der Waals surface area contributed by atoms with Crippen LogP contribution in [0.15, 0.2) is 36.4 Å². The van der Waals surface area contributed by atoms with Crippen molar-refractivity contribution in [2.45, 2.75) is 47.0 Å². The standard InChI is InChI=1S/C20H24O2/c1-13(2)18-11-17(9-10-20(18)22-16(5)21)12-19-14(3)7-6-8-15(19)4/h6-11,13H,12H2,1-5H3. The van der Waals surface area contributed by atoms with E-state index in [1.54, 1.807) is 0 Å². The summed E-state index contributed by atoms with van der Waals surface area (Å²) in [5.74, 6) is 0.712. The summed E-state index contributed by atoms with van der Waals surface area (Å²) in [6.07, 6.45) is 0.901. The average molecular weight is 296 g/mol. The van der Waals surface area contributed by atoms with Gasteiger partial charge in [0.05, 0.1) is 0 Å². The Hall–Kier alpha value is -2.09. The highest BCUT2D eigenvalue weighted by Gasteiger charge is 2.12. The fourth-order valence-corrected chi connectivity index (χ4v) is 2.74. The third-order valence-corrected chi connectivity index (χ3v) is 3.98. The van der Waals surface area contributed by atoms with Crippen molar-refractivity contribution in [3.8, 4) is 5.75 Å². The first-order chi connectivity index (χ1) is 10.4. The number of rotatable bonds is 4. The zero-order chi connectivity index (χ0) is 16.3. The van der Waals surface area contributed by atoms with Crippen LogP contribution in [0.25, 0.3) is 0 Å². The lowest BCUT2D eigenvalue weighted by atomic mass is 9.93. The first-order valence-electron chi connectivity index (χ1n) is 7.74. The van der Waals surface area contributed by atoms with E-state index in [0.29, 0.717) is 11.7 Å². The van der Waals surface area contributed by atoms with Crippen LogP contribution >= 0.6 is 0 Å². The summed E-state index contributed by atoms with van der Waals surface area (Å²) < 4.78 is 5.32. The zero-order valence-corrected chi connectivity index (χ0v) is 14.1. The van der Waals surface area contributed by atoms with Gasteiger partial charge in [0, 0.05) is 6.92 Å². The van der Waals surface area contributed by atoms with Crippen LogP contribution in [0.5, 0.6) is 5.75 Å². The molecule has 0 radical (unpaired) electrons. The minimum atomic E-state index is -0.274. The largest absolute Gasteiger partial charge is 0.426 e. The van der Waals surface area contributed by atoms with E-state index in [2.05, 4.69) is 58.0 Å². The first kappa shape index (κ1) is 16.3. The second-order valence-electron chi connectivity index (χ2n) is 6.17. The lowest BCUT2D eigenvalue weighted by Crippen LogP contribution is -2.06. The lowest BCUT2D eigenvalue weighted by molar-refractivity contribution is -0.131. The molecule has 0 spiro atoms.